The summed E-state index contributed by atoms with van der Waals surface area (Å²) in [4.78, 5) is 0.0384. The van der Waals surface area contributed by atoms with Crippen molar-refractivity contribution in [1.29, 1.82) is 0 Å². The Balaban J connectivity index is 4.35. The van der Waals surface area contributed by atoms with Crippen molar-refractivity contribution in [3.05, 3.63) is 0 Å². The van der Waals surface area contributed by atoms with Gasteiger partial charge in [0.1, 0.15) is 5.25 Å². The standard InChI is InChI=1S/C8H18N2O2S2/c1-3-5-6-10-14(11,12)7(4-2)8(9)13/h7,10H,3-6H2,1-2H3,(H2,9,13). The highest BCUT2D eigenvalue weighted by atomic mass is 32.2. The fraction of sp³-hybridized carbons (Fsp3) is 0.875. The smallest absolute Gasteiger partial charge is 0.220 e. The zero-order valence-electron chi connectivity index (χ0n) is 8.62. The third-order valence-corrected chi connectivity index (χ3v) is 4.27. The normalized spacial score (nSPS) is 13.9. The SMILES string of the molecule is CCCCNS(=O)(=O)C(CC)C(N)=S. The van der Waals surface area contributed by atoms with Crippen LogP contribution in [0.15, 0.2) is 0 Å². The molecule has 14 heavy (non-hydrogen) atoms. The molecular weight excluding hydrogens is 220 g/mol. The zero-order valence-corrected chi connectivity index (χ0v) is 10.2. The molecule has 1 atom stereocenters. The highest BCUT2D eigenvalue weighted by Crippen LogP contribution is 2.04. The number of hydrogen-bond acceptors (Lipinski definition) is 3. The molecule has 0 fully saturated rings. The lowest BCUT2D eigenvalue weighted by atomic mass is 10.3. The van der Waals surface area contributed by atoms with Gasteiger partial charge in [0.25, 0.3) is 0 Å². The van der Waals surface area contributed by atoms with Gasteiger partial charge in [0.05, 0.1) is 4.99 Å². The molecule has 0 aliphatic rings. The first-order valence-electron chi connectivity index (χ1n) is 4.73. The summed E-state index contributed by atoms with van der Waals surface area (Å²) in [6, 6.07) is 0. The van der Waals surface area contributed by atoms with E-state index < -0.39 is 15.3 Å². The molecule has 0 saturated carbocycles. The van der Waals surface area contributed by atoms with Gasteiger partial charge in [-0.25, -0.2) is 13.1 Å². The van der Waals surface area contributed by atoms with E-state index in [1.165, 1.54) is 0 Å². The van der Waals surface area contributed by atoms with E-state index in [9.17, 15) is 8.42 Å². The van der Waals surface area contributed by atoms with Crippen molar-refractivity contribution in [2.75, 3.05) is 6.54 Å². The summed E-state index contributed by atoms with van der Waals surface area (Å²) < 4.78 is 25.7. The summed E-state index contributed by atoms with van der Waals surface area (Å²) in [5.41, 5.74) is 5.35. The molecule has 0 radical (unpaired) electrons. The lowest BCUT2D eigenvalue weighted by Gasteiger charge is -2.14. The molecule has 0 aromatic rings. The minimum Gasteiger partial charge on any atom is -0.392 e. The molecule has 0 aromatic carbocycles. The zero-order chi connectivity index (χ0) is 11.2. The molecular formula is C8H18N2O2S2. The topological polar surface area (TPSA) is 72.2 Å². The van der Waals surface area contributed by atoms with Crippen LogP contribution < -0.4 is 10.5 Å². The minimum atomic E-state index is -3.36. The Morgan fingerprint density at radius 1 is 1.50 bits per heavy atom. The van der Waals surface area contributed by atoms with Crippen molar-refractivity contribution in [3.63, 3.8) is 0 Å². The summed E-state index contributed by atoms with van der Waals surface area (Å²) in [5.74, 6) is 0. The third kappa shape index (κ3) is 4.34. The van der Waals surface area contributed by atoms with Crippen molar-refractivity contribution >= 4 is 27.2 Å². The Bertz CT molecular complexity index is 275. The monoisotopic (exact) mass is 238 g/mol. The Kier molecular flexibility index (Phi) is 6.22. The minimum absolute atomic E-state index is 0.0384. The largest absolute Gasteiger partial charge is 0.392 e. The Labute approximate surface area is 91.3 Å². The fourth-order valence-corrected chi connectivity index (χ4v) is 2.99. The highest BCUT2D eigenvalue weighted by Gasteiger charge is 2.25. The van der Waals surface area contributed by atoms with Gasteiger partial charge in [-0.1, -0.05) is 32.5 Å². The van der Waals surface area contributed by atoms with Crippen LogP contribution >= 0.6 is 12.2 Å². The maximum atomic E-state index is 11.6. The van der Waals surface area contributed by atoms with Crippen LogP contribution in [0.3, 0.4) is 0 Å². The first kappa shape index (κ1) is 13.8. The summed E-state index contributed by atoms with van der Waals surface area (Å²) in [6.07, 6.45) is 2.19. The van der Waals surface area contributed by atoms with E-state index in [0.717, 1.165) is 12.8 Å². The van der Waals surface area contributed by atoms with Crippen molar-refractivity contribution in [2.45, 2.75) is 38.4 Å². The van der Waals surface area contributed by atoms with Crippen LogP contribution in [0.2, 0.25) is 0 Å². The Morgan fingerprint density at radius 2 is 2.07 bits per heavy atom. The predicted octanol–water partition coefficient (Wildman–Crippen LogP) is 0.771. The molecule has 0 aliphatic carbocycles. The van der Waals surface area contributed by atoms with Crippen molar-refractivity contribution in [1.82, 2.24) is 4.72 Å². The number of sulfonamides is 1. The summed E-state index contributed by atoms with van der Waals surface area (Å²) in [5, 5.41) is -0.741. The second-order valence-electron chi connectivity index (χ2n) is 3.09. The van der Waals surface area contributed by atoms with Gasteiger partial charge >= 0.3 is 0 Å². The van der Waals surface area contributed by atoms with Crippen molar-refractivity contribution in [3.8, 4) is 0 Å². The van der Waals surface area contributed by atoms with Gasteiger partial charge in [-0.2, -0.15) is 0 Å². The van der Waals surface area contributed by atoms with E-state index in [1.807, 2.05) is 6.92 Å². The Morgan fingerprint density at radius 3 is 2.43 bits per heavy atom. The highest BCUT2D eigenvalue weighted by molar-refractivity contribution is 7.93. The van der Waals surface area contributed by atoms with E-state index >= 15 is 0 Å². The molecule has 0 amide bonds. The number of rotatable bonds is 7. The number of nitrogens with one attached hydrogen (secondary N) is 1. The second-order valence-corrected chi connectivity index (χ2v) is 5.51. The molecule has 0 saturated heterocycles. The molecule has 0 spiro atoms. The van der Waals surface area contributed by atoms with Gasteiger partial charge in [-0.3, -0.25) is 0 Å². The van der Waals surface area contributed by atoms with Gasteiger partial charge in [-0.15, -0.1) is 0 Å². The Hall–Kier alpha value is -0.200. The average molecular weight is 238 g/mol. The molecule has 3 N–H and O–H groups in total. The van der Waals surface area contributed by atoms with Crippen molar-refractivity contribution < 1.29 is 8.42 Å². The van der Waals surface area contributed by atoms with Crippen LogP contribution in [0, 0.1) is 0 Å². The lowest BCUT2D eigenvalue weighted by molar-refractivity contribution is 0.571. The van der Waals surface area contributed by atoms with E-state index in [0.29, 0.717) is 13.0 Å². The third-order valence-electron chi connectivity index (χ3n) is 1.90. The summed E-state index contributed by atoms with van der Waals surface area (Å²) >= 11 is 4.70. The van der Waals surface area contributed by atoms with Crippen LogP contribution in [0.4, 0.5) is 0 Å². The maximum Gasteiger partial charge on any atom is 0.220 e. The molecule has 0 rings (SSSR count). The van der Waals surface area contributed by atoms with Gasteiger partial charge in [-0.05, 0) is 12.8 Å². The molecule has 0 bridgehead atoms. The molecule has 1 unspecified atom stereocenters. The predicted molar refractivity (Wildman–Crippen MR) is 62.7 cm³/mol. The van der Waals surface area contributed by atoms with Gasteiger partial charge < -0.3 is 5.73 Å². The first-order valence-corrected chi connectivity index (χ1v) is 6.69. The van der Waals surface area contributed by atoms with Gasteiger partial charge in [0.15, 0.2) is 0 Å². The van der Waals surface area contributed by atoms with Crippen LogP contribution in [0.25, 0.3) is 0 Å². The molecule has 0 aromatic heterocycles. The van der Waals surface area contributed by atoms with Crippen LogP contribution in [0.1, 0.15) is 33.1 Å². The quantitative estimate of drug-likeness (QED) is 0.507. The fourth-order valence-electron chi connectivity index (χ4n) is 1.07. The molecule has 6 heteroatoms. The van der Waals surface area contributed by atoms with Gasteiger partial charge in [0, 0.05) is 6.54 Å². The first-order chi connectivity index (χ1) is 6.45. The lowest BCUT2D eigenvalue weighted by Crippen LogP contribution is -2.41. The van der Waals surface area contributed by atoms with Gasteiger partial charge in [0.2, 0.25) is 10.0 Å². The molecule has 84 valence electrons. The van der Waals surface area contributed by atoms with Crippen LogP contribution in [-0.4, -0.2) is 25.2 Å². The van der Waals surface area contributed by atoms with Crippen LogP contribution in [-0.2, 0) is 10.0 Å². The van der Waals surface area contributed by atoms with Crippen LogP contribution in [0.5, 0.6) is 0 Å². The maximum absolute atomic E-state index is 11.6. The van der Waals surface area contributed by atoms with E-state index in [4.69, 9.17) is 18.0 Å². The van der Waals surface area contributed by atoms with Crippen molar-refractivity contribution in [2.24, 2.45) is 5.73 Å². The van der Waals surface area contributed by atoms with E-state index in [1.54, 1.807) is 6.92 Å². The molecule has 4 nitrogen and oxygen atoms in total. The summed E-state index contributed by atoms with van der Waals surface area (Å²) in [7, 11) is -3.36. The number of nitrogens with two attached hydrogens (primary N) is 1. The second kappa shape index (κ2) is 6.31. The summed E-state index contributed by atoms with van der Waals surface area (Å²) in [6.45, 7) is 4.21. The van der Waals surface area contributed by atoms with E-state index in [2.05, 4.69) is 4.72 Å². The number of thiocarbonyl (C=S) groups is 1. The number of unbranched alkanes of at least 4 members (excludes halogenated alkanes) is 1. The molecule has 0 heterocycles. The number of hydrogen-bond donors (Lipinski definition) is 2. The van der Waals surface area contributed by atoms with E-state index in [-0.39, 0.29) is 4.99 Å². The molecule has 0 aliphatic heterocycles. The average Bonchev–Trinajstić information content (AvgIpc) is 2.04.